The Kier molecular flexibility index (Phi) is 5.68. The molecule has 0 atom stereocenters. The summed E-state index contributed by atoms with van der Waals surface area (Å²) in [6.45, 7) is 1.54. The Labute approximate surface area is 166 Å². The number of ether oxygens (including phenoxy) is 1. The summed E-state index contributed by atoms with van der Waals surface area (Å²) >= 11 is 0. The molecule has 0 aliphatic heterocycles. The third-order valence-electron chi connectivity index (χ3n) is 3.87. The minimum absolute atomic E-state index is 0.00554. The van der Waals surface area contributed by atoms with Gasteiger partial charge in [0.15, 0.2) is 23.1 Å². The van der Waals surface area contributed by atoms with Crippen molar-refractivity contribution in [2.45, 2.75) is 13.1 Å². The smallest absolute Gasteiger partial charge is 0.437 e. The van der Waals surface area contributed by atoms with Crippen LogP contribution in [0.15, 0.2) is 48.7 Å². The highest BCUT2D eigenvalue weighted by Crippen LogP contribution is 2.37. The number of benzene rings is 2. The number of halogens is 6. The molecule has 10 heteroatoms. The normalized spacial score (nSPS) is 11.3. The second-order valence-corrected chi connectivity index (χ2v) is 6.16. The summed E-state index contributed by atoms with van der Waals surface area (Å²) in [6.07, 6.45) is -3.67. The van der Waals surface area contributed by atoms with Crippen molar-refractivity contribution in [3.05, 3.63) is 82.9 Å². The highest BCUT2D eigenvalue weighted by Gasteiger charge is 2.36. The van der Waals surface area contributed by atoms with Crippen LogP contribution in [0.3, 0.4) is 0 Å². The third kappa shape index (κ3) is 4.53. The van der Waals surface area contributed by atoms with E-state index in [1.807, 2.05) is 0 Å². The van der Waals surface area contributed by atoms with Gasteiger partial charge in [-0.3, -0.25) is 4.79 Å². The molecule has 3 rings (SSSR count). The molecule has 1 aromatic heterocycles. The molecule has 1 amide bonds. The van der Waals surface area contributed by atoms with E-state index in [9.17, 15) is 31.1 Å². The molecule has 0 fully saturated rings. The molecule has 0 saturated heterocycles. The van der Waals surface area contributed by atoms with Gasteiger partial charge in [-0.05, 0) is 55.0 Å². The van der Waals surface area contributed by atoms with Gasteiger partial charge in [0, 0.05) is 11.9 Å². The van der Waals surface area contributed by atoms with Gasteiger partial charge in [0.2, 0.25) is 0 Å². The lowest BCUT2D eigenvalue weighted by Gasteiger charge is -2.14. The first-order valence-corrected chi connectivity index (χ1v) is 8.33. The number of aryl methyl sites for hydroxylation is 1. The van der Waals surface area contributed by atoms with Crippen molar-refractivity contribution in [3.63, 3.8) is 0 Å². The first kappa shape index (κ1) is 21.2. The lowest BCUT2D eigenvalue weighted by molar-refractivity contribution is -0.142. The molecule has 156 valence electrons. The van der Waals surface area contributed by atoms with E-state index in [4.69, 9.17) is 4.74 Å². The van der Waals surface area contributed by atoms with E-state index in [1.165, 1.54) is 30.3 Å². The predicted octanol–water partition coefficient (Wildman–Crippen LogP) is 5.87. The SMILES string of the molecule is Cc1cnc(C(F)(F)F)c(Oc2ccc(NC(=O)c3c(F)ccc(F)c3F)cc2)c1. The van der Waals surface area contributed by atoms with Gasteiger partial charge in [-0.15, -0.1) is 0 Å². The molecule has 1 heterocycles. The summed E-state index contributed by atoms with van der Waals surface area (Å²) in [5.74, 6) is -6.03. The third-order valence-corrected chi connectivity index (χ3v) is 3.87. The van der Waals surface area contributed by atoms with Gasteiger partial charge in [-0.2, -0.15) is 13.2 Å². The number of carbonyl (C=O) groups excluding carboxylic acids is 1. The van der Waals surface area contributed by atoms with Gasteiger partial charge >= 0.3 is 6.18 Å². The van der Waals surface area contributed by atoms with E-state index in [0.717, 1.165) is 6.20 Å². The summed E-state index contributed by atoms with van der Waals surface area (Å²) in [6, 6.07) is 7.26. The average Bonchev–Trinajstić information content (AvgIpc) is 2.66. The maximum atomic E-state index is 13.7. The maximum absolute atomic E-state index is 13.7. The Bertz CT molecular complexity index is 1100. The number of nitrogens with one attached hydrogen (secondary N) is 1. The molecule has 0 radical (unpaired) electrons. The number of aromatic nitrogens is 1. The molecular weight excluding hydrogens is 414 g/mol. The first-order chi connectivity index (χ1) is 14.1. The standard InChI is InChI=1S/C20H12F6N2O2/c1-10-8-15(18(27-9-10)20(24,25)26)30-12-4-2-11(3-5-12)28-19(29)16-13(21)6-7-14(22)17(16)23/h2-9H,1H3,(H,28,29). The summed E-state index contributed by atoms with van der Waals surface area (Å²) < 4.78 is 85.1. The van der Waals surface area contributed by atoms with Crippen LogP contribution in [0.25, 0.3) is 0 Å². The lowest BCUT2D eigenvalue weighted by Crippen LogP contribution is -2.16. The number of alkyl halides is 3. The summed E-state index contributed by atoms with van der Waals surface area (Å²) in [5, 5.41) is 2.17. The van der Waals surface area contributed by atoms with Crippen LogP contribution in [0.1, 0.15) is 21.6 Å². The molecule has 0 saturated carbocycles. The van der Waals surface area contributed by atoms with Crippen molar-refractivity contribution in [1.29, 1.82) is 0 Å². The highest BCUT2D eigenvalue weighted by atomic mass is 19.4. The number of rotatable bonds is 4. The van der Waals surface area contributed by atoms with Gasteiger partial charge in [0.1, 0.15) is 17.1 Å². The molecule has 30 heavy (non-hydrogen) atoms. The second-order valence-electron chi connectivity index (χ2n) is 6.16. The maximum Gasteiger partial charge on any atom is 0.437 e. The zero-order valence-electron chi connectivity index (χ0n) is 15.2. The average molecular weight is 426 g/mol. The van der Waals surface area contributed by atoms with Crippen molar-refractivity contribution in [2.75, 3.05) is 5.32 Å². The molecule has 0 aliphatic carbocycles. The number of anilines is 1. The molecular formula is C20H12F6N2O2. The molecule has 0 aliphatic rings. The second kappa shape index (κ2) is 8.05. The quantitative estimate of drug-likeness (QED) is 0.419. The van der Waals surface area contributed by atoms with E-state index in [0.29, 0.717) is 17.7 Å². The zero-order valence-corrected chi connectivity index (χ0v) is 15.2. The molecule has 4 nitrogen and oxygen atoms in total. The van der Waals surface area contributed by atoms with E-state index in [1.54, 1.807) is 6.92 Å². The van der Waals surface area contributed by atoms with Crippen LogP contribution in [0.2, 0.25) is 0 Å². The fourth-order valence-corrected chi connectivity index (χ4v) is 2.50. The topological polar surface area (TPSA) is 51.2 Å². The lowest BCUT2D eigenvalue weighted by atomic mass is 10.1. The number of carbonyl (C=O) groups is 1. The van der Waals surface area contributed by atoms with Crippen molar-refractivity contribution in [1.82, 2.24) is 4.98 Å². The predicted molar refractivity (Wildman–Crippen MR) is 94.8 cm³/mol. The number of hydrogen-bond acceptors (Lipinski definition) is 3. The van der Waals surface area contributed by atoms with Crippen LogP contribution >= 0.6 is 0 Å². The van der Waals surface area contributed by atoms with Crippen molar-refractivity contribution in [2.24, 2.45) is 0 Å². The minimum Gasteiger partial charge on any atom is -0.455 e. The molecule has 0 unspecified atom stereocenters. The number of hydrogen-bond donors (Lipinski definition) is 1. The van der Waals surface area contributed by atoms with E-state index < -0.39 is 46.5 Å². The van der Waals surface area contributed by atoms with E-state index in [-0.39, 0.29) is 11.4 Å². The van der Waals surface area contributed by atoms with Crippen LogP contribution in [0, 0.1) is 24.4 Å². The molecule has 1 N–H and O–H groups in total. The molecule has 0 spiro atoms. The zero-order chi connectivity index (χ0) is 22.1. The summed E-state index contributed by atoms with van der Waals surface area (Å²) in [4.78, 5) is 15.4. The largest absolute Gasteiger partial charge is 0.455 e. The summed E-state index contributed by atoms with van der Waals surface area (Å²) in [5.41, 5.74) is -1.81. The van der Waals surface area contributed by atoms with Gasteiger partial charge in [0.25, 0.3) is 5.91 Å². The Balaban J connectivity index is 1.79. The Morgan fingerprint density at radius 1 is 1.00 bits per heavy atom. The Morgan fingerprint density at radius 2 is 1.63 bits per heavy atom. The number of pyridine rings is 1. The van der Waals surface area contributed by atoms with Crippen LogP contribution in [-0.4, -0.2) is 10.9 Å². The van der Waals surface area contributed by atoms with Crippen LogP contribution in [0.5, 0.6) is 11.5 Å². The number of amides is 1. The van der Waals surface area contributed by atoms with Gasteiger partial charge in [-0.25, -0.2) is 18.2 Å². The van der Waals surface area contributed by atoms with Crippen LogP contribution in [-0.2, 0) is 6.18 Å². The monoisotopic (exact) mass is 426 g/mol. The molecule has 0 bridgehead atoms. The molecule has 2 aromatic carbocycles. The van der Waals surface area contributed by atoms with Crippen molar-refractivity contribution in [3.8, 4) is 11.5 Å². The minimum atomic E-state index is -4.73. The molecule has 3 aromatic rings. The van der Waals surface area contributed by atoms with E-state index in [2.05, 4.69) is 10.3 Å². The summed E-state index contributed by atoms with van der Waals surface area (Å²) in [7, 11) is 0. The Hall–Kier alpha value is -3.56. The number of nitrogens with zero attached hydrogens (tertiary/aromatic N) is 1. The van der Waals surface area contributed by atoms with Crippen LogP contribution < -0.4 is 10.1 Å². The van der Waals surface area contributed by atoms with Crippen molar-refractivity contribution >= 4 is 11.6 Å². The van der Waals surface area contributed by atoms with Gasteiger partial charge in [0.05, 0.1) is 0 Å². The van der Waals surface area contributed by atoms with Gasteiger partial charge in [-0.1, -0.05) is 0 Å². The highest BCUT2D eigenvalue weighted by molar-refractivity contribution is 6.04. The Morgan fingerprint density at radius 3 is 2.27 bits per heavy atom. The van der Waals surface area contributed by atoms with E-state index >= 15 is 0 Å². The fraction of sp³-hybridized carbons (Fsp3) is 0.100. The van der Waals surface area contributed by atoms with Gasteiger partial charge < -0.3 is 10.1 Å². The van der Waals surface area contributed by atoms with Crippen LogP contribution in [0.4, 0.5) is 32.0 Å². The first-order valence-electron chi connectivity index (χ1n) is 8.33. The van der Waals surface area contributed by atoms with Crippen molar-refractivity contribution < 1.29 is 35.9 Å². The fourth-order valence-electron chi connectivity index (χ4n) is 2.50.